The summed E-state index contributed by atoms with van der Waals surface area (Å²) in [5.74, 6) is -0.505. The first-order valence-electron chi connectivity index (χ1n) is 5.32. The first-order valence-corrected chi connectivity index (χ1v) is 5.32. The van der Waals surface area contributed by atoms with Crippen molar-refractivity contribution in [1.82, 2.24) is 4.90 Å². The van der Waals surface area contributed by atoms with Crippen LogP contribution in [0.1, 0.15) is 5.56 Å². The number of likely N-dealkylation sites (N-methyl/N-ethyl adjacent to an activating group) is 1. The maximum Gasteiger partial charge on any atom is 0.261 e. The fourth-order valence-electron chi connectivity index (χ4n) is 1.71. The van der Waals surface area contributed by atoms with Gasteiger partial charge < -0.3 is 4.90 Å². The van der Waals surface area contributed by atoms with E-state index in [2.05, 4.69) is 0 Å². The van der Waals surface area contributed by atoms with Crippen LogP contribution in [0.2, 0.25) is 0 Å². The van der Waals surface area contributed by atoms with Crippen molar-refractivity contribution in [2.24, 2.45) is 0 Å². The Morgan fingerprint density at radius 3 is 2.06 bits per heavy atom. The average molecular weight is 230 g/mol. The summed E-state index contributed by atoms with van der Waals surface area (Å²) in [5, 5.41) is 0. The molecule has 1 aromatic carbocycles. The van der Waals surface area contributed by atoms with Crippen LogP contribution in [0.15, 0.2) is 30.3 Å². The highest BCUT2D eigenvalue weighted by atomic mass is 16.2. The van der Waals surface area contributed by atoms with E-state index in [4.69, 9.17) is 0 Å². The van der Waals surface area contributed by atoms with Gasteiger partial charge in [0.25, 0.3) is 11.8 Å². The number of rotatable bonds is 2. The highest BCUT2D eigenvalue weighted by Crippen LogP contribution is 2.24. The number of carbonyl (C=O) groups excluding carboxylic acids is 2. The van der Waals surface area contributed by atoms with Gasteiger partial charge in [-0.2, -0.15) is 0 Å². The minimum absolute atomic E-state index is 0.243. The van der Waals surface area contributed by atoms with Crippen LogP contribution in [-0.4, -0.2) is 37.9 Å². The van der Waals surface area contributed by atoms with E-state index in [1.807, 2.05) is 43.3 Å². The molecule has 0 saturated carbocycles. The Labute approximate surface area is 100 Å². The van der Waals surface area contributed by atoms with Crippen molar-refractivity contribution >= 4 is 23.1 Å². The van der Waals surface area contributed by atoms with Crippen LogP contribution < -0.4 is 4.90 Å². The fourth-order valence-corrected chi connectivity index (χ4v) is 1.71. The maximum atomic E-state index is 11.8. The van der Waals surface area contributed by atoms with Crippen LogP contribution in [0.4, 0.5) is 5.69 Å². The Kier molecular flexibility index (Phi) is 2.71. The van der Waals surface area contributed by atoms with Crippen LogP contribution in [0, 0.1) is 0 Å². The zero-order valence-corrected chi connectivity index (χ0v) is 10.1. The van der Waals surface area contributed by atoms with Crippen molar-refractivity contribution in [2.75, 3.05) is 26.0 Å². The molecule has 1 aliphatic rings. The third kappa shape index (κ3) is 1.93. The quantitative estimate of drug-likeness (QED) is 0.715. The predicted octanol–water partition coefficient (Wildman–Crippen LogP) is 1.13. The van der Waals surface area contributed by atoms with E-state index in [9.17, 15) is 9.59 Å². The van der Waals surface area contributed by atoms with E-state index in [0.29, 0.717) is 5.57 Å². The van der Waals surface area contributed by atoms with E-state index in [0.717, 1.165) is 16.2 Å². The molecule has 0 bridgehead atoms. The van der Waals surface area contributed by atoms with E-state index >= 15 is 0 Å². The van der Waals surface area contributed by atoms with E-state index < -0.39 is 0 Å². The Morgan fingerprint density at radius 2 is 1.65 bits per heavy atom. The third-order valence-corrected chi connectivity index (χ3v) is 2.83. The van der Waals surface area contributed by atoms with Gasteiger partial charge in [-0.25, -0.2) is 0 Å². The molecule has 0 atom stereocenters. The van der Waals surface area contributed by atoms with Crippen molar-refractivity contribution in [2.45, 2.75) is 0 Å². The smallest absolute Gasteiger partial charge is 0.261 e. The Balaban J connectivity index is 2.33. The van der Waals surface area contributed by atoms with Crippen LogP contribution in [0.5, 0.6) is 0 Å². The van der Waals surface area contributed by atoms with Gasteiger partial charge in [0.2, 0.25) is 0 Å². The molecule has 4 nitrogen and oxygen atoms in total. The Bertz CT molecular complexity index is 501. The summed E-state index contributed by atoms with van der Waals surface area (Å²) >= 11 is 0. The SMILES string of the molecule is CN1C(=O)C=C(c2ccc(N(C)C)cc2)C1=O. The molecule has 0 spiro atoms. The van der Waals surface area contributed by atoms with E-state index in [1.165, 1.54) is 13.1 Å². The fraction of sp³-hybridized carbons (Fsp3) is 0.231. The molecule has 2 amide bonds. The van der Waals surface area contributed by atoms with Gasteiger partial charge in [-0.05, 0) is 17.7 Å². The molecule has 0 unspecified atom stereocenters. The van der Waals surface area contributed by atoms with Crippen LogP contribution in [0.25, 0.3) is 5.57 Å². The van der Waals surface area contributed by atoms with E-state index in [1.54, 1.807) is 0 Å². The molecule has 88 valence electrons. The average Bonchev–Trinajstić information content (AvgIpc) is 2.57. The highest BCUT2D eigenvalue weighted by molar-refractivity contribution is 6.33. The number of anilines is 1. The number of hydrogen-bond donors (Lipinski definition) is 0. The number of hydrogen-bond acceptors (Lipinski definition) is 3. The summed E-state index contributed by atoms with van der Waals surface area (Å²) in [5.41, 5.74) is 2.29. The lowest BCUT2D eigenvalue weighted by Gasteiger charge is -2.13. The summed E-state index contributed by atoms with van der Waals surface area (Å²) < 4.78 is 0. The van der Waals surface area contributed by atoms with Crippen LogP contribution in [-0.2, 0) is 9.59 Å². The lowest BCUT2D eigenvalue weighted by Crippen LogP contribution is -2.25. The molecule has 17 heavy (non-hydrogen) atoms. The Hall–Kier alpha value is -2.10. The van der Waals surface area contributed by atoms with Gasteiger partial charge in [-0.1, -0.05) is 12.1 Å². The molecule has 0 saturated heterocycles. The second kappa shape index (κ2) is 4.05. The normalized spacial score (nSPS) is 15.2. The molecule has 0 aromatic heterocycles. The van der Waals surface area contributed by atoms with Crippen molar-refractivity contribution in [3.05, 3.63) is 35.9 Å². The van der Waals surface area contributed by atoms with E-state index in [-0.39, 0.29) is 11.8 Å². The summed E-state index contributed by atoms with van der Waals surface area (Å²) in [6.07, 6.45) is 1.38. The zero-order valence-electron chi connectivity index (χ0n) is 10.1. The molecule has 4 heteroatoms. The molecule has 1 heterocycles. The zero-order chi connectivity index (χ0) is 12.6. The topological polar surface area (TPSA) is 40.6 Å². The van der Waals surface area contributed by atoms with Gasteiger partial charge >= 0.3 is 0 Å². The minimum Gasteiger partial charge on any atom is -0.378 e. The predicted molar refractivity (Wildman–Crippen MR) is 66.5 cm³/mol. The number of carbonyl (C=O) groups is 2. The van der Waals surface area contributed by atoms with Gasteiger partial charge in [-0.15, -0.1) is 0 Å². The Morgan fingerprint density at radius 1 is 1.06 bits per heavy atom. The van der Waals surface area contributed by atoms with Gasteiger partial charge in [0.1, 0.15) is 0 Å². The van der Waals surface area contributed by atoms with Gasteiger partial charge in [0.15, 0.2) is 0 Å². The van der Waals surface area contributed by atoms with Gasteiger partial charge in [-0.3, -0.25) is 14.5 Å². The second-order valence-corrected chi connectivity index (χ2v) is 4.20. The standard InChI is InChI=1S/C13H14N2O2/c1-14(2)10-6-4-9(5-7-10)11-8-12(16)15(3)13(11)17/h4-8H,1-3H3. The van der Waals surface area contributed by atoms with Gasteiger partial charge in [0.05, 0.1) is 5.57 Å². The monoisotopic (exact) mass is 230 g/mol. The summed E-state index contributed by atoms with van der Waals surface area (Å²) in [6.45, 7) is 0. The molecule has 0 N–H and O–H groups in total. The lowest BCUT2D eigenvalue weighted by atomic mass is 10.1. The summed E-state index contributed by atoms with van der Waals surface area (Å²) in [6, 6.07) is 7.55. The lowest BCUT2D eigenvalue weighted by molar-refractivity contribution is -0.134. The molecule has 0 fully saturated rings. The second-order valence-electron chi connectivity index (χ2n) is 4.20. The molecule has 0 aliphatic carbocycles. The number of nitrogens with zero attached hydrogens (tertiary/aromatic N) is 2. The number of amides is 2. The summed E-state index contributed by atoms with van der Waals surface area (Å²) in [4.78, 5) is 26.2. The molecule has 1 aromatic rings. The first-order chi connectivity index (χ1) is 8.00. The molecule has 1 aliphatic heterocycles. The molecular weight excluding hydrogens is 216 g/mol. The van der Waals surface area contributed by atoms with Gasteiger partial charge in [0, 0.05) is 32.9 Å². The van der Waals surface area contributed by atoms with Crippen LogP contribution in [0.3, 0.4) is 0 Å². The third-order valence-electron chi connectivity index (χ3n) is 2.83. The molecule has 0 radical (unpaired) electrons. The van der Waals surface area contributed by atoms with Crippen LogP contribution >= 0.6 is 0 Å². The molecule has 2 rings (SSSR count). The maximum absolute atomic E-state index is 11.8. The number of benzene rings is 1. The van der Waals surface area contributed by atoms with Crippen molar-refractivity contribution in [3.8, 4) is 0 Å². The largest absolute Gasteiger partial charge is 0.378 e. The minimum atomic E-state index is -0.262. The highest BCUT2D eigenvalue weighted by Gasteiger charge is 2.28. The summed E-state index contributed by atoms with van der Waals surface area (Å²) in [7, 11) is 5.39. The van der Waals surface area contributed by atoms with Crippen molar-refractivity contribution in [3.63, 3.8) is 0 Å². The first kappa shape index (κ1) is 11.4. The molecular formula is C13H14N2O2. The van der Waals surface area contributed by atoms with Crippen molar-refractivity contribution < 1.29 is 9.59 Å². The number of imide groups is 1. The van der Waals surface area contributed by atoms with Crippen molar-refractivity contribution in [1.29, 1.82) is 0 Å².